The number of piperidine rings is 2. The zero-order valence-electron chi connectivity index (χ0n) is 15.9. The summed E-state index contributed by atoms with van der Waals surface area (Å²) < 4.78 is 5.96. The third-order valence-electron chi connectivity index (χ3n) is 6.27. The molecule has 3 aliphatic rings. The lowest BCUT2D eigenvalue weighted by Gasteiger charge is -2.42. The molecule has 4 atom stereocenters. The van der Waals surface area contributed by atoms with E-state index in [1.165, 1.54) is 45.2 Å². The molecule has 5 heteroatoms. The SMILES string of the molecule is CC1=CC(OCC(C)N2CCC(N3CCCCC3)CC2)C(O)C(O)C1. The summed E-state index contributed by atoms with van der Waals surface area (Å²) in [5, 5.41) is 20.0. The van der Waals surface area contributed by atoms with Gasteiger partial charge in [0.25, 0.3) is 0 Å². The van der Waals surface area contributed by atoms with Gasteiger partial charge in [-0.25, -0.2) is 0 Å². The highest BCUT2D eigenvalue weighted by atomic mass is 16.5. The number of rotatable bonds is 5. The van der Waals surface area contributed by atoms with Gasteiger partial charge in [0.05, 0.1) is 12.7 Å². The van der Waals surface area contributed by atoms with Gasteiger partial charge >= 0.3 is 0 Å². The van der Waals surface area contributed by atoms with Gasteiger partial charge in [0.1, 0.15) is 12.2 Å². The molecular formula is C20H36N2O3. The normalized spacial score (nSPS) is 34.7. The largest absolute Gasteiger partial charge is 0.390 e. The van der Waals surface area contributed by atoms with Gasteiger partial charge in [0.2, 0.25) is 0 Å². The molecule has 5 nitrogen and oxygen atoms in total. The van der Waals surface area contributed by atoms with Crippen LogP contribution in [0.5, 0.6) is 0 Å². The summed E-state index contributed by atoms with van der Waals surface area (Å²) in [6.07, 6.45) is 7.28. The summed E-state index contributed by atoms with van der Waals surface area (Å²) in [6.45, 7) is 9.65. The molecule has 0 saturated carbocycles. The van der Waals surface area contributed by atoms with Crippen molar-refractivity contribution in [1.29, 1.82) is 0 Å². The summed E-state index contributed by atoms with van der Waals surface area (Å²) in [5.41, 5.74) is 1.10. The van der Waals surface area contributed by atoms with Crippen molar-refractivity contribution in [2.75, 3.05) is 32.8 Å². The Morgan fingerprint density at radius 2 is 1.80 bits per heavy atom. The number of hydrogen-bond acceptors (Lipinski definition) is 5. The Morgan fingerprint density at radius 3 is 2.48 bits per heavy atom. The molecule has 0 spiro atoms. The van der Waals surface area contributed by atoms with Gasteiger partial charge in [0.15, 0.2) is 0 Å². The van der Waals surface area contributed by atoms with Crippen LogP contribution < -0.4 is 0 Å². The Bertz CT molecular complexity index is 442. The Kier molecular flexibility index (Phi) is 6.92. The number of aliphatic hydroxyl groups excluding tert-OH is 2. The molecule has 0 aromatic carbocycles. The molecule has 2 heterocycles. The Balaban J connectivity index is 1.42. The molecule has 2 N–H and O–H groups in total. The average Bonchev–Trinajstić information content (AvgIpc) is 2.64. The minimum atomic E-state index is -0.805. The first-order valence-electron chi connectivity index (χ1n) is 10.2. The van der Waals surface area contributed by atoms with E-state index in [9.17, 15) is 10.2 Å². The molecule has 4 unspecified atom stereocenters. The second-order valence-corrected chi connectivity index (χ2v) is 8.29. The fraction of sp³-hybridized carbons (Fsp3) is 0.900. The van der Waals surface area contributed by atoms with Gasteiger partial charge in [-0.2, -0.15) is 0 Å². The van der Waals surface area contributed by atoms with Crippen LogP contribution >= 0.6 is 0 Å². The molecule has 1 aliphatic carbocycles. The van der Waals surface area contributed by atoms with E-state index in [2.05, 4.69) is 16.7 Å². The van der Waals surface area contributed by atoms with E-state index in [0.29, 0.717) is 19.1 Å². The number of nitrogens with zero attached hydrogens (tertiary/aromatic N) is 2. The molecule has 0 bridgehead atoms. The van der Waals surface area contributed by atoms with Gasteiger partial charge < -0.3 is 19.8 Å². The summed E-state index contributed by atoms with van der Waals surface area (Å²) in [4.78, 5) is 5.22. The van der Waals surface area contributed by atoms with E-state index in [-0.39, 0.29) is 6.10 Å². The first-order chi connectivity index (χ1) is 12.0. The topological polar surface area (TPSA) is 56.2 Å². The van der Waals surface area contributed by atoms with Crippen LogP contribution in [0.3, 0.4) is 0 Å². The van der Waals surface area contributed by atoms with Crippen LogP contribution in [-0.4, -0.2) is 83.2 Å². The number of aliphatic hydroxyl groups is 2. The molecule has 0 aromatic heterocycles. The van der Waals surface area contributed by atoms with E-state index in [4.69, 9.17) is 4.74 Å². The lowest BCUT2D eigenvalue weighted by Crippen LogP contribution is -2.50. The molecule has 0 radical (unpaired) electrons. The van der Waals surface area contributed by atoms with Crippen molar-refractivity contribution >= 4 is 0 Å². The Labute approximate surface area is 152 Å². The van der Waals surface area contributed by atoms with Crippen molar-refractivity contribution in [2.24, 2.45) is 0 Å². The second-order valence-electron chi connectivity index (χ2n) is 8.29. The standard InChI is InChI=1S/C20H36N2O3/c1-15-12-18(23)20(24)19(13-15)25-14-16(2)21-10-6-17(7-11-21)22-8-4-3-5-9-22/h13,16-20,23-24H,3-12,14H2,1-2H3. The van der Waals surface area contributed by atoms with Gasteiger partial charge in [-0.3, -0.25) is 4.90 Å². The summed E-state index contributed by atoms with van der Waals surface area (Å²) >= 11 is 0. The van der Waals surface area contributed by atoms with Crippen molar-refractivity contribution in [1.82, 2.24) is 9.80 Å². The van der Waals surface area contributed by atoms with Gasteiger partial charge in [-0.05, 0) is 72.1 Å². The Hall–Kier alpha value is -0.460. The van der Waals surface area contributed by atoms with Gasteiger partial charge in [0, 0.05) is 12.1 Å². The maximum Gasteiger partial charge on any atom is 0.110 e. The van der Waals surface area contributed by atoms with Crippen molar-refractivity contribution in [3.63, 3.8) is 0 Å². The summed E-state index contributed by atoms with van der Waals surface area (Å²) in [6, 6.07) is 1.12. The summed E-state index contributed by atoms with van der Waals surface area (Å²) in [7, 11) is 0. The predicted octanol–water partition coefficient (Wildman–Crippen LogP) is 1.78. The number of likely N-dealkylation sites (tertiary alicyclic amines) is 2. The molecule has 2 fully saturated rings. The first-order valence-corrected chi connectivity index (χ1v) is 10.2. The molecule has 2 aliphatic heterocycles. The maximum absolute atomic E-state index is 10.1. The molecule has 3 rings (SSSR count). The van der Waals surface area contributed by atoms with E-state index in [1.54, 1.807) is 0 Å². The van der Waals surface area contributed by atoms with Crippen LogP contribution in [0.25, 0.3) is 0 Å². The van der Waals surface area contributed by atoms with Crippen LogP contribution in [0.1, 0.15) is 52.4 Å². The van der Waals surface area contributed by atoms with Crippen LogP contribution in [0.2, 0.25) is 0 Å². The van der Waals surface area contributed by atoms with Crippen molar-refractivity contribution in [3.8, 4) is 0 Å². The minimum Gasteiger partial charge on any atom is -0.390 e. The van der Waals surface area contributed by atoms with E-state index < -0.39 is 12.2 Å². The average molecular weight is 353 g/mol. The van der Waals surface area contributed by atoms with Crippen LogP contribution in [0.15, 0.2) is 11.6 Å². The van der Waals surface area contributed by atoms with Gasteiger partial charge in [-0.1, -0.05) is 18.1 Å². The third kappa shape index (κ3) is 5.04. The van der Waals surface area contributed by atoms with E-state index in [1.807, 2.05) is 13.0 Å². The van der Waals surface area contributed by atoms with Gasteiger partial charge in [-0.15, -0.1) is 0 Å². The van der Waals surface area contributed by atoms with Crippen LogP contribution in [-0.2, 0) is 4.74 Å². The highest BCUT2D eigenvalue weighted by molar-refractivity contribution is 5.12. The monoisotopic (exact) mass is 352 g/mol. The number of hydrogen-bond donors (Lipinski definition) is 2. The first kappa shape index (κ1) is 19.3. The zero-order valence-corrected chi connectivity index (χ0v) is 15.9. The molecule has 25 heavy (non-hydrogen) atoms. The van der Waals surface area contributed by atoms with Crippen molar-refractivity contribution < 1.29 is 14.9 Å². The number of ether oxygens (including phenoxy) is 1. The molecule has 2 saturated heterocycles. The summed E-state index contributed by atoms with van der Waals surface area (Å²) in [5.74, 6) is 0. The predicted molar refractivity (Wildman–Crippen MR) is 99.6 cm³/mol. The van der Waals surface area contributed by atoms with Crippen LogP contribution in [0.4, 0.5) is 0 Å². The molecular weight excluding hydrogens is 316 g/mol. The smallest absolute Gasteiger partial charge is 0.110 e. The molecule has 144 valence electrons. The quantitative estimate of drug-likeness (QED) is 0.739. The lowest BCUT2D eigenvalue weighted by atomic mass is 9.93. The fourth-order valence-corrected chi connectivity index (χ4v) is 4.59. The highest BCUT2D eigenvalue weighted by Gasteiger charge is 2.31. The van der Waals surface area contributed by atoms with E-state index in [0.717, 1.165) is 24.7 Å². The Morgan fingerprint density at radius 1 is 1.12 bits per heavy atom. The van der Waals surface area contributed by atoms with Crippen LogP contribution in [0, 0.1) is 0 Å². The maximum atomic E-state index is 10.1. The highest BCUT2D eigenvalue weighted by Crippen LogP contribution is 2.24. The molecule has 0 amide bonds. The lowest BCUT2D eigenvalue weighted by molar-refractivity contribution is -0.0866. The van der Waals surface area contributed by atoms with Crippen molar-refractivity contribution in [2.45, 2.75) is 82.8 Å². The van der Waals surface area contributed by atoms with Crippen molar-refractivity contribution in [3.05, 3.63) is 11.6 Å². The zero-order chi connectivity index (χ0) is 17.8. The molecule has 0 aromatic rings. The third-order valence-corrected chi connectivity index (χ3v) is 6.27. The van der Waals surface area contributed by atoms with E-state index >= 15 is 0 Å². The minimum absolute atomic E-state index is 0.349. The fourth-order valence-electron chi connectivity index (χ4n) is 4.59. The second kappa shape index (κ2) is 8.96.